The molecule has 21 heavy (non-hydrogen) atoms. The minimum atomic E-state index is 0.463. The van der Waals surface area contributed by atoms with E-state index in [1.807, 2.05) is 26.0 Å². The average molecular weight is 301 g/mol. The third-order valence-corrected chi connectivity index (χ3v) is 3.59. The molecule has 0 saturated carbocycles. The Morgan fingerprint density at radius 1 is 1.29 bits per heavy atom. The van der Waals surface area contributed by atoms with E-state index < -0.39 is 0 Å². The maximum Gasteiger partial charge on any atom is 0.138 e. The highest BCUT2D eigenvalue weighted by molar-refractivity contribution is 6.30. The highest BCUT2D eigenvalue weighted by Gasteiger charge is 2.10. The van der Waals surface area contributed by atoms with Crippen molar-refractivity contribution >= 4 is 23.1 Å². The van der Waals surface area contributed by atoms with Crippen molar-refractivity contribution in [3.05, 3.63) is 45.9 Å². The van der Waals surface area contributed by atoms with Gasteiger partial charge in [-0.15, -0.1) is 0 Å². The number of halogens is 1. The first kappa shape index (κ1) is 15.3. The number of aryl methyl sites for hydroxylation is 2. The molecule has 0 atom stereocenters. The summed E-state index contributed by atoms with van der Waals surface area (Å²) >= 11 is 6.18. The predicted molar refractivity (Wildman–Crippen MR) is 85.0 cm³/mol. The standard InChI is InChI=1S/C16H17ClN4/c1-4-5-14-20-15(17)11(3)16(21-14)19-13-8-12(9-18)7-6-10(13)2/h6-8H,4-5H2,1-3H3,(H,19,20,21). The lowest BCUT2D eigenvalue weighted by molar-refractivity contribution is 0.833. The van der Waals surface area contributed by atoms with Crippen molar-refractivity contribution < 1.29 is 0 Å². The molecule has 0 aliphatic carbocycles. The minimum Gasteiger partial charge on any atom is -0.340 e. The van der Waals surface area contributed by atoms with Gasteiger partial charge in [0.15, 0.2) is 0 Å². The second-order valence-corrected chi connectivity index (χ2v) is 5.28. The number of aromatic nitrogens is 2. The van der Waals surface area contributed by atoms with Gasteiger partial charge >= 0.3 is 0 Å². The molecule has 1 aromatic carbocycles. The molecule has 0 radical (unpaired) electrons. The van der Waals surface area contributed by atoms with Gasteiger partial charge in [0.1, 0.15) is 16.8 Å². The smallest absolute Gasteiger partial charge is 0.138 e. The normalized spacial score (nSPS) is 10.2. The van der Waals surface area contributed by atoms with Crippen molar-refractivity contribution in [3.63, 3.8) is 0 Å². The first-order valence-corrected chi connectivity index (χ1v) is 7.23. The first-order valence-electron chi connectivity index (χ1n) is 6.86. The quantitative estimate of drug-likeness (QED) is 0.854. The minimum absolute atomic E-state index is 0.463. The van der Waals surface area contributed by atoms with Crippen LogP contribution in [0.3, 0.4) is 0 Å². The molecular weight excluding hydrogens is 284 g/mol. The molecule has 4 nitrogen and oxygen atoms in total. The predicted octanol–water partition coefficient (Wildman–Crippen LogP) is 4.31. The molecule has 0 saturated heterocycles. The molecule has 1 heterocycles. The number of nitriles is 1. The summed E-state index contributed by atoms with van der Waals surface area (Å²) in [6.45, 7) is 5.93. The first-order chi connectivity index (χ1) is 10.0. The Kier molecular flexibility index (Phi) is 4.77. The molecule has 1 aromatic heterocycles. The maximum absolute atomic E-state index is 9.01. The number of benzene rings is 1. The van der Waals surface area contributed by atoms with E-state index in [0.29, 0.717) is 16.5 Å². The molecule has 0 unspecified atom stereocenters. The molecule has 5 heteroatoms. The van der Waals surface area contributed by atoms with Crippen LogP contribution in [0.15, 0.2) is 18.2 Å². The van der Waals surface area contributed by atoms with Gasteiger partial charge in [0.25, 0.3) is 0 Å². The van der Waals surface area contributed by atoms with Crippen LogP contribution in [0.5, 0.6) is 0 Å². The lowest BCUT2D eigenvalue weighted by Crippen LogP contribution is -2.04. The summed E-state index contributed by atoms with van der Waals surface area (Å²) in [6, 6.07) is 7.65. The summed E-state index contributed by atoms with van der Waals surface area (Å²) in [7, 11) is 0. The fourth-order valence-electron chi connectivity index (χ4n) is 1.94. The Morgan fingerprint density at radius 2 is 2.05 bits per heavy atom. The van der Waals surface area contributed by atoms with E-state index in [0.717, 1.165) is 35.5 Å². The highest BCUT2D eigenvalue weighted by Crippen LogP contribution is 2.26. The lowest BCUT2D eigenvalue weighted by atomic mass is 10.1. The number of anilines is 2. The van der Waals surface area contributed by atoms with Crippen LogP contribution in [0.1, 0.15) is 35.9 Å². The van der Waals surface area contributed by atoms with E-state index in [4.69, 9.17) is 16.9 Å². The molecule has 0 aliphatic heterocycles. The zero-order valence-corrected chi connectivity index (χ0v) is 13.1. The van der Waals surface area contributed by atoms with E-state index in [2.05, 4.69) is 28.3 Å². The number of rotatable bonds is 4. The van der Waals surface area contributed by atoms with Gasteiger partial charge in [-0.25, -0.2) is 9.97 Å². The highest BCUT2D eigenvalue weighted by atomic mass is 35.5. The summed E-state index contributed by atoms with van der Waals surface area (Å²) < 4.78 is 0. The van der Waals surface area contributed by atoms with Crippen LogP contribution in [-0.4, -0.2) is 9.97 Å². The summed E-state index contributed by atoms with van der Waals surface area (Å²) in [4.78, 5) is 8.81. The van der Waals surface area contributed by atoms with Crippen LogP contribution in [0.2, 0.25) is 5.15 Å². The average Bonchev–Trinajstić information content (AvgIpc) is 2.46. The molecule has 0 aliphatic rings. The number of hydrogen-bond donors (Lipinski definition) is 1. The van der Waals surface area contributed by atoms with Crippen molar-refractivity contribution in [1.29, 1.82) is 5.26 Å². The van der Waals surface area contributed by atoms with Gasteiger partial charge in [-0.1, -0.05) is 24.6 Å². The van der Waals surface area contributed by atoms with Crippen molar-refractivity contribution in [3.8, 4) is 6.07 Å². The molecule has 0 spiro atoms. The fourth-order valence-corrected chi connectivity index (χ4v) is 2.13. The molecule has 108 valence electrons. The maximum atomic E-state index is 9.01. The molecule has 0 fully saturated rings. The number of nitrogens with one attached hydrogen (secondary N) is 1. The van der Waals surface area contributed by atoms with Crippen LogP contribution in [0, 0.1) is 25.2 Å². The Labute approximate surface area is 129 Å². The largest absolute Gasteiger partial charge is 0.340 e. The topological polar surface area (TPSA) is 61.6 Å². The third kappa shape index (κ3) is 3.50. The Hall–Kier alpha value is -2.12. The molecule has 0 bridgehead atoms. The van der Waals surface area contributed by atoms with Crippen LogP contribution in [-0.2, 0) is 6.42 Å². The summed E-state index contributed by atoms with van der Waals surface area (Å²) in [5.41, 5.74) is 3.31. The van der Waals surface area contributed by atoms with Crippen LogP contribution >= 0.6 is 11.6 Å². The summed E-state index contributed by atoms with van der Waals surface area (Å²) in [5, 5.41) is 12.7. The lowest BCUT2D eigenvalue weighted by Gasteiger charge is -2.13. The van der Waals surface area contributed by atoms with E-state index in [9.17, 15) is 0 Å². The monoisotopic (exact) mass is 300 g/mol. The van der Waals surface area contributed by atoms with Crippen molar-refractivity contribution in [2.75, 3.05) is 5.32 Å². The van der Waals surface area contributed by atoms with E-state index in [1.165, 1.54) is 0 Å². The second kappa shape index (κ2) is 6.55. The van der Waals surface area contributed by atoms with Crippen molar-refractivity contribution in [1.82, 2.24) is 9.97 Å². The van der Waals surface area contributed by atoms with E-state index in [-0.39, 0.29) is 0 Å². The Bertz CT molecular complexity index is 704. The van der Waals surface area contributed by atoms with E-state index >= 15 is 0 Å². The number of nitrogens with zero attached hydrogens (tertiary/aromatic N) is 3. The number of hydrogen-bond acceptors (Lipinski definition) is 4. The molecule has 2 rings (SSSR count). The van der Waals surface area contributed by atoms with Gasteiger partial charge in [0, 0.05) is 17.7 Å². The zero-order valence-electron chi connectivity index (χ0n) is 12.4. The fraction of sp³-hybridized carbons (Fsp3) is 0.312. The SMILES string of the molecule is CCCc1nc(Cl)c(C)c(Nc2cc(C#N)ccc2C)n1. The van der Waals surface area contributed by atoms with Gasteiger partial charge in [-0.3, -0.25) is 0 Å². The van der Waals surface area contributed by atoms with Gasteiger partial charge in [-0.05, 0) is 38.0 Å². The molecule has 1 N–H and O–H groups in total. The van der Waals surface area contributed by atoms with Gasteiger partial charge in [-0.2, -0.15) is 5.26 Å². The zero-order chi connectivity index (χ0) is 15.4. The molecule has 2 aromatic rings. The van der Waals surface area contributed by atoms with E-state index in [1.54, 1.807) is 6.07 Å². The van der Waals surface area contributed by atoms with Gasteiger partial charge in [0.05, 0.1) is 11.6 Å². The molecular formula is C16H17ClN4. The molecule has 0 amide bonds. The van der Waals surface area contributed by atoms with Crippen LogP contribution in [0.25, 0.3) is 0 Å². The third-order valence-electron chi connectivity index (χ3n) is 3.23. The summed E-state index contributed by atoms with van der Waals surface area (Å²) in [5.74, 6) is 1.42. The Balaban J connectivity index is 2.41. The van der Waals surface area contributed by atoms with Crippen LogP contribution in [0.4, 0.5) is 11.5 Å². The van der Waals surface area contributed by atoms with Crippen molar-refractivity contribution in [2.24, 2.45) is 0 Å². The van der Waals surface area contributed by atoms with Gasteiger partial charge < -0.3 is 5.32 Å². The summed E-state index contributed by atoms with van der Waals surface area (Å²) in [6.07, 6.45) is 1.74. The van der Waals surface area contributed by atoms with Crippen LogP contribution < -0.4 is 5.32 Å². The van der Waals surface area contributed by atoms with Gasteiger partial charge in [0.2, 0.25) is 0 Å². The van der Waals surface area contributed by atoms with Crippen molar-refractivity contribution in [2.45, 2.75) is 33.6 Å². The second-order valence-electron chi connectivity index (χ2n) is 4.92. The Morgan fingerprint density at radius 3 is 2.71 bits per heavy atom.